The van der Waals surface area contributed by atoms with E-state index in [1.54, 1.807) is 13.0 Å². The van der Waals surface area contributed by atoms with Crippen molar-refractivity contribution in [1.29, 1.82) is 0 Å². The molecule has 7 nitrogen and oxygen atoms in total. The minimum Gasteiger partial charge on any atom is -0.466 e. The Morgan fingerprint density at radius 3 is 2.91 bits per heavy atom. The predicted molar refractivity (Wildman–Crippen MR) is 80.7 cm³/mol. The number of hydrogen-bond acceptors (Lipinski definition) is 6. The van der Waals surface area contributed by atoms with Crippen LogP contribution in [0.5, 0.6) is 11.5 Å². The lowest BCUT2D eigenvalue weighted by molar-refractivity contribution is -0.149. The lowest BCUT2D eigenvalue weighted by atomic mass is 10.0. The summed E-state index contributed by atoms with van der Waals surface area (Å²) < 4.78 is 42.4. The molecule has 0 saturated carbocycles. The van der Waals surface area contributed by atoms with Crippen LogP contribution in [0.4, 0.5) is 0 Å². The Hall–Kier alpha value is -1.80. The van der Waals surface area contributed by atoms with Gasteiger partial charge in [-0.3, -0.25) is 4.79 Å². The summed E-state index contributed by atoms with van der Waals surface area (Å²) in [5.41, 5.74) is 0. The molecule has 2 aliphatic heterocycles. The average Bonchev–Trinajstić information content (AvgIpc) is 3.03. The number of esters is 1. The molecule has 126 valence electrons. The van der Waals surface area contributed by atoms with Crippen LogP contribution in [0.15, 0.2) is 23.1 Å². The van der Waals surface area contributed by atoms with E-state index in [1.807, 2.05) is 0 Å². The van der Waals surface area contributed by atoms with Crippen molar-refractivity contribution in [2.45, 2.75) is 24.7 Å². The first-order chi connectivity index (χ1) is 11.0. The van der Waals surface area contributed by atoms with Gasteiger partial charge in [0.1, 0.15) is 0 Å². The fraction of sp³-hybridized carbons (Fsp3) is 0.533. The van der Waals surface area contributed by atoms with Gasteiger partial charge < -0.3 is 14.2 Å². The molecule has 0 bridgehead atoms. The largest absolute Gasteiger partial charge is 0.466 e. The van der Waals surface area contributed by atoms with Crippen LogP contribution >= 0.6 is 0 Å². The first-order valence-corrected chi connectivity index (χ1v) is 9.03. The van der Waals surface area contributed by atoms with Gasteiger partial charge in [-0.15, -0.1) is 0 Å². The number of carbonyl (C=O) groups excluding carboxylic acids is 1. The molecule has 0 amide bonds. The molecule has 1 saturated heterocycles. The highest BCUT2D eigenvalue weighted by Gasteiger charge is 2.34. The van der Waals surface area contributed by atoms with Gasteiger partial charge in [0.2, 0.25) is 16.8 Å². The first-order valence-electron chi connectivity index (χ1n) is 7.59. The molecule has 0 spiro atoms. The van der Waals surface area contributed by atoms with Crippen molar-refractivity contribution in [1.82, 2.24) is 4.31 Å². The van der Waals surface area contributed by atoms with Crippen LogP contribution in [-0.2, 0) is 19.6 Å². The van der Waals surface area contributed by atoms with Crippen molar-refractivity contribution in [2.75, 3.05) is 26.5 Å². The maximum atomic E-state index is 12.8. The van der Waals surface area contributed by atoms with Crippen LogP contribution in [0.25, 0.3) is 0 Å². The minimum absolute atomic E-state index is 0.0908. The highest BCUT2D eigenvalue weighted by molar-refractivity contribution is 7.89. The second-order valence-electron chi connectivity index (χ2n) is 5.47. The summed E-state index contributed by atoms with van der Waals surface area (Å²) in [4.78, 5) is 12.0. The lowest BCUT2D eigenvalue weighted by Crippen LogP contribution is -2.42. The van der Waals surface area contributed by atoms with Crippen LogP contribution in [0.2, 0.25) is 0 Å². The van der Waals surface area contributed by atoms with Gasteiger partial charge in [-0.2, -0.15) is 4.31 Å². The van der Waals surface area contributed by atoms with E-state index in [2.05, 4.69) is 0 Å². The summed E-state index contributed by atoms with van der Waals surface area (Å²) in [7, 11) is -3.67. The fourth-order valence-electron chi connectivity index (χ4n) is 2.80. The molecule has 0 radical (unpaired) electrons. The first kappa shape index (κ1) is 16.1. The van der Waals surface area contributed by atoms with Gasteiger partial charge in [-0.25, -0.2) is 8.42 Å². The molecule has 3 rings (SSSR count). The summed E-state index contributed by atoms with van der Waals surface area (Å²) in [6.07, 6.45) is 1.28. The third-order valence-corrected chi connectivity index (χ3v) is 5.85. The van der Waals surface area contributed by atoms with E-state index in [-0.39, 0.29) is 24.2 Å². The SMILES string of the molecule is CCOC(=O)C1CCCN(S(=O)(=O)c2ccc3c(c2)OCO3)C1. The number of rotatable bonds is 4. The smallest absolute Gasteiger partial charge is 0.310 e. The molecule has 1 atom stereocenters. The molecular formula is C15H19NO6S. The van der Waals surface area contributed by atoms with Gasteiger partial charge in [-0.05, 0) is 31.9 Å². The molecule has 1 aromatic carbocycles. The summed E-state index contributed by atoms with van der Waals surface area (Å²) in [5.74, 6) is 0.211. The number of hydrogen-bond donors (Lipinski definition) is 0. The second-order valence-corrected chi connectivity index (χ2v) is 7.41. The zero-order chi connectivity index (χ0) is 16.4. The van der Waals surface area contributed by atoms with Crippen LogP contribution < -0.4 is 9.47 Å². The molecule has 2 aliphatic rings. The predicted octanol–water partition coefficient (Wildman–Crippen LogP) is 1.38. The van der Waals surface area contributed by atoms with Gasteiger partial charge in [-0.1, -0.05) is 0 Å². The third kappa shape index (κ3) is 3.13. The lowest BCUT2D eigenvalue weighted by Gasteiger charge is -2.30. The van der Waals surface area contributed by atoms with E-state index in [4.69, 9.17) is 14.2 Å². The molecule has 23 heavy (non-hydrogen) atoms. The zero-order valence-corrected chi connectivity index (χ0v) is 13.7. The molecule has 8 heteroatoms. The Morgan fingerprint density at radius 2 is 2.13 bits per heavy atom. The maximum absolute atomic E-state index is 12.8. The zero-order valence-electron chi connectivity index (χ0n) is 12.9. The Morgan fingerprint density at radius 1 is 1.35 bits per heavy atom. The van der Waals surface area contributed by atoms with E-state index >= 15 is 0 Å². The van der Waals surface area contributed by atoms with Crippen LogP contribution in [0.1, 0.15) is 19.8 Å². The van der Waals surface area contributed by atoms with Crippen LogP contribution in [0.3, 0.4) is 0 Å². The monoisotopic (exact) mass is 341 g/mol. The van der Waals surface area contributed by atoms with Crippen molar-refractivity contribution < 1.29 is 27.4 Å². The van der Waals surface area contributed by atoms with Gasteiger partial charge in [0.25, 0.3) is 0 Å². The Balaban J connectivity index is 1.80. The third-order valence-electron chi connectivity index (χ3n) is 3.99. The van der Waals surface area contributed by atoms with E-state index in [0.29, 0.717) is 37.5 Å². The average molecular weight is 341 g/mol. The highest BCUT2D eigenvalue weighted by atomic mass is 32.2. The molecular weight excluding hydrogens is 322 g/mol. The van der Waals surface area contributed by atoms with Crippen molar-refractivity contribution >= 4 is 16.0 Å². The number of nitrogens with zero attached hydrogens (tertiary/aromatic N) is 1. The van der Waals surface area contributed by atoms with E-state index in [0.717, 1.165) is 0 Å². The molecule has 1 aromatic rings. The summed E-state index contributed by atoms with van der Waals surface area (Å²) in [6.45, 7) is 2.67. The van der Waals surface area contributed by atoms with Crippen molar-refractivity contribution in [3.05, 3.63) is 18.2 Å². The minimum atomic E-state index is -3.67. The Kier molecular flexibility index (Phi) is 4.45. The maximum Gasteiger partial charge on any atom is 0.310 e. The molecule has 1 unspecified atom stereocenters. The summed E-state index contributed by atoms with van der Waals surface area (Å²) in [5, 5.41) is 0. The van der Waals surface area contributed by atoms with Crippen molar-refractivity contribution in [3.63, 3.8) is 0 Å². The van der Waals surface area contributed by atoms with Gasteiger partial charge in [0, 0.05) is 19.2 Å². The number of ether oxygens (including phenoxy) is 3. The van der Waals surface area contributed by atoms with E-state index in [1.165, 1.54) is 16.4 Å². The molecule has 0 aromatic heterocycles. The van der Waals surface area contributed by atoms with Gasteiger partial charge >= 0.3 is 5.97 Å². The fourth-order valence-corrected chi connectivity index (χ4v) is 4.34. The van der Waals surface area contributed by atoms with Crippen LogP contribution in [-0.4, -0.2) is 45.2 Å². The molecule has 0 aliphatic carbocycles. The van der Waals surface area contributed by atoms with E-state index < -0.39 is 15.9 Å². The van der Waals surface area contributed by atoms with E-state index in [9.17, 15) is 13.2 Å². The van der Waals surface area contributed by atoms with Gasteiger partial charge in [0.15, 0.2) is 11.5 Å². The highest BCUT2D eigenvalue weighted by Crippen LogP contribution is 2.35. The normalized spacial score (nSPS) is 21.2. The number of fused-ring (bicyclic) bond motifs is 1. The Bertz CT molecular complexity index is 702. The van der Waals surface area contributed by atoms with Crippen molar-refractivity contribution in [3.8, 4) is 11.5 Å². The van der Waals surface area contributed by atoms with Crippen LogP contribution in [0, 0.1) is 5.92 Å². The quantitative estimate of drug-likeness (QED) is 0.770. The number of carbonyl (C=O) groups is 1. The van der Waals surface area contributed by atoms with Gasteiger partial charge in [0.05, 0.1) is 17.4 Å². The topological polar surface area (TPSA) is 82.1 Å². The number of sulfonamides is 1. The summed E-state index contributed by atoms with van der Waals surface area (Å²) in [6, 6.07) is 4.55. The Labute approximate surface area is 135 Å². The summed E-state index contributed by atoms with van der Waals surface area (Å²) >= 11 is 0. The second kappa shape index (κ2) is 6.37. The number of piperidine rings is 1. The standard InChI is InChI=1S/C15H19NO6S/c1-2-20-15(17)11-4-3-7-16(9-11)23(18,19)12-5-6-13-14(8-12)22-10-21-13/h5-6,8,11H,2-4,7,9-10H2,1H3. The molecule has 1 fully saturated rings. The molecule has 2 heterocycles. The number of benzene rings is 1. The molecule has 0 N–H and O–H groups in total. The van der Waals surface area contributed by atoms with Crippen molar-refractivity contribution in [2.24, 2.45) is 5.92 Å².